The van der Waals surface area contributed by atoms with Crippen LogP contribution in [0.15, 0.2) is 30.5 Å². The highest BCUT2D eigenvalue weighted by molar-refractivity contribution is 5.83. The van der Waals surface area contributed by atoms with E-state index in [1.807, 2.05) is 6.92 Å². The predicted octanol–water partition coefficient (Wildman–Crippen LogP) is 2.57. The molecule has 0 aliphatic carbocycles. The summed E-state index contributed by atoms with van der Waals surface area (Å²) in [6, 6.07) is 8.66. The van der Waals surface area contributed by atoms with E-state index < -0.39 is 0 Å². The fraction of sp³-hybridized carbons (Fsp3) is 0.467. The molecule has 0 spiro atoms. The van der Waals surface area contributed by atoms with Crippen LogP contribution in [0.3, 0.4) is 0 Å². The van der Waals surface area contributed by atoms with Gasteiger partial charge in [-0.1, -0.05) is 12.1 Å². The highest BCUT2D eigenvalue weighted by Gasteiger charge is 2.04. The van der Waals surface area contributed by atoms with Gasteiger partial charge in [-0.05, 0) is 44.0 Å². The van der Waals surface area contributed by atoms with Crippen LogP contribution in [0.5, 0.6) is 0 Å². The first-order chi connectivity index (χ1) is 8.86. The quantitative estimate of drug-likeness (QED) is 0.763. The molecule has 0 radical (unpaired) electrons. The highest BCUT2D eigenvalue weighted by atomic mass is 16.5. The lowest BCUT2D eigenvalue weighted by Crippen LogP contribution is -2.03. The summed E-state index contributed by atoms with van der Waals surface area (Å²) in [5.74, 6) is 0. The Morgan fingerprint density at radius 3 is 2.94 bits per heavy atom. The molecular weight excluding hydrogens is 224 g/mol. The molecule has 0 aliphatic heterocycles. The van der Waals surface area contributed by atoms with E-state index in [0.717, 1.165) is 32.6 Å². The molecule has 1 aromatic heterocycles. The van der Waals surface area contributed by atoms with Gasteiger partial charge < -0.3 is 15.0 Å². The van der Waals surface area contributed by atoms with Gasteiger partial charge in [0.1, 0.15) is 0 Å². The van der Waals surface area contributed by atoms with Gasteiger partial charge in [0.05, 0.1) is 0 Å². The average Bonchev–Trinajstić information content (AvgIpc) is 2.80. The number of aromatic nitrogens is 1. The molecule has 0 fully saturated rings. The summed E-state index contributed by atoms with van der Waals surface area (Å²) in [6.45, 7) is 5.38. The van der Waals surface area contributed by atoms with Gasteiger partial charge in [0.25, 0.3) is 0 Å². The predicted molar refractivity (Wildman–Crippen MR) is 75.8 cm³/mol. The van der Waals surface area contributed by atoms with E-state index in [-0.39, 0.29) is 0 Å². The number of rotatable bonds is 7. The van der Waals surface area contributed by atoms with Crippen LogP contribution in [0.2, 0.25) is 0 Å². The summed E-state index contributed by atoms with van der Waals surface area (Å²) in [5, 5.41) is 1.33. The first-order valence-electron chi connectivity index (χ1n) is 6.71. The normalized spacial score (nSPS) is 11.2. The van der Waals surface area contributed by atoms with Gasteiger partial charge in [-0.15, -0.1) is 0 Å². The van der Waals surface area contributed by atoms with Crippen LogP contribution in [0.25, 0.3) is 10.9 Å². The molecule has 0 saturated carbocycles. The third-order valence-corrected chi connectivity index (χ3v) is 3.21. The smallest absolute Gasteiger partial charge is 0.0483 e. The largest absolute Gasteiger partial charge is 0.382 e. The molecule has 0 amide bonds. The summed E-state index contributed by atoms with van der Waals surface area (Å²) in [6.07, 6.45) is 4.16. The van der Waals surface area contributed by atoms with Crippen LogP contribution in [0.4, 0.5) is 0 Å². The van der Waals surface area contributed by atoms with Gasteiger partial charge in [-0.3, -0.25) is 0 Å². The van der Waals surface area contributed by atoms with Crippen LogP contribution < -0.4 is 5.73 Å². The van der Waals surface area contributed by atoms with E-state index in [4.69, 9.17) is 10.5 Å². The lowest BCUT2D eigenvalue weighted by Gasteiger charge is -2.07. The first-order valence-corrected chi connectivity index (χ1v) is 6.71. The minimum absolute atomic E-state index is 0.703. The molecule has 0 saturated heterocycles. The Labute approximate surface area is 109 Å². The van der Waals surface area contributed by atoms with Crippen molar-refractivity contribution in [2.24, 2.45) is 5.73 Å². The number of nitrogens with zero attached hydrogens (tertiary/aromatic N) is 1. The molecule has 1 heterocycles. The minimum Gasteiger partial charge on any atom is -0.382 e. The van der Waals surface area contributed by atoms with Crippen LogP contribution in [0.1, 0.15) is 18.9 Å². The summed E-state index contributed by atoms with van der Waals surface area (Å²) in [5.41, 5.74) is 8.30. The van der Waals surface area contributed by atoms with E-state index in [1.54, 1.807) is 0 Å². The number of nitrogens with two attached hydrogens (primary N) is 1. The van der Waals surface area contributed by atoms with Crippen molar-refractivity contribution < 1.29 is 4.74 Å². The number of hydrogen-bond donors (Lipinski definition) is 1. The Morgan fingerprint density at radius 2 is 2.17 bits per heavy atom. The highest BCUT2D eigenvalue weighted by Crippen LogP contribution is 2.20. The second-order valence-corrected chi connectivity index (χ2v) is 4.45. The van der Waals surface area contributed by atoms with Crippen molar-refractivity contribution >= 4 is 10.9 Å². The molecule has 2 N–H and O–H groups in total. The van der Waals surface area contributed by atoms with Crippen molar-refractivity contribution in [3.05, 3.63) is 36.0 Å². The zero-order valence-electron chi connectivity index (χ0n) is 11.1. The molecule has 3 nitrogen and oxygen atoms in total. The van der Waals surface area contributed by atoms with Crippen molar-refractivity contribution in [1.29, 1.82) is 0 Å². The van der Waals surface area contributed by atoms with E-state index in [1.165, 1.54) is 16.5 Å². The molecule has 1 aromatic carbocycles. The summed E-state index contributed by atoms with van der Waals surface area (Å²) in [7, 11) is 0. The van der Waals surface area contributed by atoms with E-state index in [0.29, 0.717) is 6.54 Å². The fourth-order valence-electron chi connectivity index (χ4n) is 2.34. The van der Waals surface area contributed by atoms with Gasteiger partial charge in [0.15, 0.2) is 0 Å². The molecule has 0 bridgehead atoms. The molecule has 0 aliphatic rings. The van der Waals surface area contributed by atoms with Crippen LogP contribution >= 0.6 is 0 Å². The Hall–Kier alpha value is -1.32. The second kappa shape index (κ2) is 6.57. The lowest BCUT2D eigenvalue weighted by molar-refractivity contribution is 0.142. The molecule has 18 heavy (non-hydrogen) atoms. The Kier molecular flexibility index (Phi) is 4.79. The van der Waals surface area contributed by atoms with Crippen LogP contribution in [-0.2, 0) is 17.7 Å². The maximum Gasteiger partial charge on any atom is 0.0483 e. The number of fused-ring (bicyclic) bond motifs is 1. The Balaban J connectivity index is 2.12. The van der Waals surface area contributed by atoms with E-state index in [9.17, 15) is 0 Å². The van der Waals surface area contributed by atoms with Crippen molar-refractivity contribution in [2.45, 2.75) is 26.3 Å². The molecule has 98 valence electrons. The second-order valence-electron chi connectivity index (χ2n) is 4.45. The van der Waals surface area contributed by atoms with Crippen molar-refractivity contribution in [3.63, 3.8) is 0 Å². The van der Waals surface area contributed by atoms with Crippen molar-refractivity contribution in [3.8, 4) is 0 Å². The third-order valence-electron chi connectivity index (χ3n) is 3.21. The van der Waals surface area contributed by atoms with Crippen LogP contribution in [0, 0.1) is 0 Å². The molecular formula is C15H22N2O. The fourth-order valence-corrected chi connectivity index (χ4v) is 2.34. The van der Waals surface area contributed by atoms with E-state index in [2.05, 4.69) is 35.0 Å². The van der Waals surface area contributed by atoms with Gasteiger partial charge in [-0.25, -0.2) is 0 Å². The maximum atomic E-state index is 5.65. The standard InChI is InChI=1S/C15H22N2O/c1-2-18-12-4-10-17-11-8-14-13(7-9-16)5-3-6-15(14)17/h3,5-6,8,11H,2,4,7,9-10,12,16H2,1H3. The Bertz CT molecular complexity index is 490. The molecule has 2 aromatic rings. The zero-order chi connectivity index (χ0) is 12.8. The molecule has 2 rings (SSSR count). The number of hydrogen-bond acceptors (Lipinski definition) is 2. The minimum atomic E-state index is 0.703. The summed E-state index contributed by atoms with van der Waals surface area (Å²) >= 11 is 0. The SMILES string of the molecule is CCOCCCn1ccc2c(CCN)cccc21. The maximum absolute atomic E-state index is 5.65. The molecule has 0 unspecified atom stereocenters. The topological polar surface area (TPSA) is 40.2 Å². The Morgan fingerprint density at radius 1 is 1.28 bits per heavy atom. The van der Waals surface area contributed by atoms with Gasteiger partial charge in [0.2, 0.25) is 0 Å². The van der Waals surface area contributed by atoms with Gasteiger partial charge in [-0.2, -0.15) is 0 Å². The molecule has 0 atom stereocenters. The first kappa shape index (κ1) is 13.1. The number of benzene rings is 1. The van der Waals surface area contributed by atoms with Crippen LogP contribution in [-0.4, -0.2) is 24.3 Å². The van der Waals surface area contributed by atoms with Crippen molar-refractivity contribution in [1.82, 2.24) is 4.57 Å². The van der Waals surface area contributed by atoms with E-state index >= 15 is 0 Å². The number of aryl methyl sites for hydroxylation is 1. The average molecular weight is 246 g/mol. The van der Waals surface area contributed by atoms with Crippen molar-refractivity contribution in [2.75, 3.05) is 19.8 Å². The number of ether oxygens (including phenoxy) is 1. The summed E-state index contributed by atoms with van der Waals surface area (Å²) < 4.78 is 7.68. The van der Waals surface area contributed by atoms with Gasteiger partial charge in [0, 0.05) is 36.9 Å². The lowest BCUT2D eigenvalue weighted by atomic mass is 10.1. The molecule has 3 heteroatoms. The monoisotopic (exact) mass is 246 g/mol. The zero-order valence-corrected chi connectivity index (χ0v) is 11.1. The third kappa shape index (κ3) is 2.92. The van der Waals surface area contributed by atoms with Gasteiger partial charge >= 0.3 is 0 Å². The summed E-state index contributed by atoms with van der Waals surface area (Å²) in [4.78, 5) is 0.